The van der Waals surface area contributed by atoms with Crippen LogP contribution in [0.4, 0.5) is 11.5 Å². The third-order valence-electron chi connectivity index (χ3n) is 6.32. The van der Waals surface area contributed by atoms with E-state index in [2.05, 4.69) is 9.88 Å². The van der Waals surface area contributed by atoms with E-state index < -0.39 is 0 Å². The molecule has 1 fully saturated rings. The highest BCUT2D eigenvalue weighted by Crippen LogP contribution is 2.40. The largest absolute Gasteiger partial charge is 0.383 e. The average Bonchev–Trinajstić information content (AvgIpc) is 3.33. The van der Waals surface area contributed by atoms with Crippen molar-refractivity contribution in [1.29, 1.82) is 0 Å². The summed E-state index contributed by atoms with van der Waals surface area (Å²) >= 11 is 0. The highest BCUT2D eigenvalue weighted by Gasteiger charge is 2.41. The summed E-state index contributed by atoms with van der Waals surface area (Å²) in [5.74, 6) is 1.08. The summed E-state index contributed by atoms with van der Waals surface area (Å²) in [6.07, 6.45) is 8.59. The van der Waals surface area contributed by atoms with E-state index in [0.717, 1.165) is 31.5 Å². The number of Topliss-reactive ketones (excluding diaryl/α,β-unsaturated/α-hetero) is 1. The first-order chi connectivity index (χ1) is 15.4. The third kappa shape index (κ3) is 3.99. The molecule has 1 unspecified atom stereocenters. The first-order valence-corrected chi connectivity index (χ1v) is 11.3. The predicted molar refractivity (Wildman–Crippen MR) is 127 cm³/mol. The van der Waals surface area contributed by atoms with E-state index in [0.29, 0.717) is 29.1 Å². The molecule has 7 nitrogen and oxygen atoms in total. The zero-order valence-electron chi connectivity index (χ0n) is 19.3. The predicted octanol–water partition coefficient (Wildman–Crippen LogP) is 3.77. The summed E-state index contributed by atoms with van der Waals surface area (Å²) in [4.78, 5) is 41.6. The molecule has 4 rings (SSSR count). The molecule has 0 saturated heterocycles. The topological polar surface area (TPSA) is 69.6 Å². The number of nitrogens with zero attached hydrogens (tertiary/aromatic N) is 5. The summed E-state index contributed by atoms with van der Waals surface area (Å²) in [6.45, 7) is 2.04. The Morgan fingerprint density at radius 3 is 2.50 bits per heavy atom. The lowest BCUT2D eigenvalue weighted by Crippen LogP contribution is -2.55. The molecule has 0 spiro atoms. The van der Waals surface area contributed by atoms with Crippen LogP contribution in [0.5, 0.6) is 0 Å². The van der Waals surface area contributed by atoms with E-state index in [1.165, 1.54) is 0 Å². The van der Waals surface area contributed by atoms with Crippen molar-refractivity contribution in [3.63, 3.8) is 0 Å². The van der Waals surface area contributed by atoms with Gasteiger partial charge in [0.2, 0.25) is 5.91 Å². The number of ketones is 1. The summed E-state index contributed by atoms with van der Waals surface area (Å²) in [5, 5.41) is 0. The van der Waals surface area contributed by atoms with Gasteiger partial charge in [-0.05, 0) is 19.3 Å². The summed E-state index contributed by atoms with van der Waals surface area (Å²) < 4.78 is 0. The Morgan fingerprint density at radius 1 is 1.19 bits per heavy atom. The number of carbonyl (C=O) groups is 2. The van der Waals surface area contributed by atoms with Gasteiger partial charge in [0, 0.05) is 38.9 Å². The van der Waals surface area contributed by atoms with Crippen LogP contribution >= 0.6 is 0 Å². The zero-order chi connectivity index (χ0) is 22.8. The van der Waals surface area contributed by atoms with Crippen LogP contribution in [0.3, 0.4) is 0 Å². The van der Waals surface area contributed by atoms with Crippen LogP contribution < -0.4 is 9.80 Å². The molecule has 168 valence electrons. The maximum atomic E-state index is 13.4. The molecule has 1 saturated carbocycles. The number of hydrogen-bond acceptors (Lipinski definition) is 6. The Morgan fingerprint density at radius 2 is 1.88 bits per heavy atom. The Kier molecular flexibility index (Phi) is 6.26. The molecule has 1 amide bonds. The Balaban J connectivity index is 1.83. The van der Waals surface area contributed by atoms with Crippen LogP contribution in [0.1, 0.15) is 55.2 Å². The fourth-order valence-corrected chi connectivity index (χ4v) is 4.73. The van der Waals surface area contributed by atoms with Gasteiger partial charge in [0.25, 0.3) is 0 Å². The Bertz CT molecular complexity index is 1030. The number of benzene rings is 1. The zero-order valence-corrected chi connectivity index (χ0v) is 19.3. The van der Waals surface area contributed by atoms with E-state index in [4.69, 9.17) is 4.98 Å². The second-order valence-corrected chi connectivity index (χ2v) is 8.77. The summed E-state index contributed by atoms with van der Waals surface area (Å²) in [6, 6.07) is 9.22. The van der Waals surface area contributed by atoms with Gasteiger partial charge in [-0.1, -0.05) is 50.1 Å². The molecule has 32 heavy (non-hydrogen) atoms. The van der Waals surface area contributed by atoms with Crippen molar-refractivity contribution in [2.24, 2.45) is 0 Å². The molecule has 0 N–H and O–H groups in total. The number of carbonyl (C=O) groups excluding carboxylic acids is 2. The molecule has 1 aliphatic heterocycles. The second kappa shape index (κ2) is 9.10. The first kappa shape index (κ1) is 22.0. The van der Waals surface area contributed by atoms with Crippen LogP contribution in [-0.4, -0.2) is 59.8 Å². The van der Waals surface area contributed by atoms with Gasteiger partial charge >= 0.3 is 0 Å². The van der Waals surface area contributed by atoms with Crippen molar-refractivity contribution < 1.29 is 9.59 Å². The molecular weight excluding hydrogens is 402 g/mol. The molecule has 7 heteroatoms. The molecule has 0 bridgehead atoms. The van der Waals surface area contributed by atoms with Gasteiger partial charge in [0.05, 0.1) is 11.8 Å². The van der Waals surface area contributed by atoms with Gasteiger partial charge in [0.1, 0.15) is 11.7 Å². The maximum absolute atomic E-state index is 13.4. The van der Waals surface area contributed by atoms with Crippen molar-refractivity contribution in [2.45, 2.75) is 51.1 Å². The molecule has 0 radical (unpaired) electrons. The number of allylic oxidation sites excluding steroid dienone is 1. The molecule has 1 aliphatic carbocycles. The first-order valence-electron chi connectivity index (χ1n) is 11.3. The number of aromatic nitrogens is 2. The van der Waals surface area contributed by atoms with E-state index >= 15 is 0 Å². The van der Waals surface area contributed by atoms with E-state index in [9.17, 15) is 9.59 Å². The normalized spacial score (nSPS) is 19.3. The number of rotatable bonds is 6. The van der Waals surface area contributed by atoms with Gasteiger partial charge in [-0.2, -0.15) is 0 Å². The van der Waals surface area contributed by atoms with Gasteiger partial charge < -0.3 is 14.7 Å². The van der Waals surface area contributed by atoms with Crippen molar-refractivity contribution in [1.82, 2.24) is 14.9 Å². The molecule has 2 aliphatic rings. The number of anilines is 2. The summed E-state index contributed by atoms with van der Waals surface area (Å²) in [7, 11) is 5.53. The molecule has 1 aromatic carbocycles. The fraction of sp³-hybridized carbons (Fsp3) is 0.440. The quantitative estimate of drug-likeness (QED) is 0.510. The van der Waals surface area contributed by atoms with E-state index in [1.54, 1.807) is 36.5 Å². The minimum absolute atomic E-state index is 0.0765. The van der Waals surface area contributed by atoms with Crippen LogP contribution in [-0.2, 0) is 4.79 Å². The molecule has 2 aromatic rings. The van der Waals surface area contributed by atoms with Gasteiger partial charge in [-0.25, -0.2) is 9.97 Å². The van der Waals surface area contributed by atoms with Crippen LogP contribution in [0.25, 0.3) is 5.57 Å². The molecular formula is C25H31N5O2. The molecule has 2 heterocycles. The maximum Gasteiger partial charge on any atom is 0.249 e. The minimum atomic E-state index is -0.246. The fourth-order valence-electron chi connectivity index (χ4n) is 4.73. The average molecular weight is 434 g/mol. The molecule has 1 aromatic heterocycles. The summed E-state index contributed by atoms with van der Waals surface area (Å²) in [5.41, 5.74) is 1.72. The van der Waals surface area contributed by atoms with Crippen molar-refractivity contribution in [3.8, 4) is 0 Å². The Hall–Kier alpha value is -3.22. The Labute approximate surface area is 189 Å². The van der Waals surface area contributed by atoms with Crippen molar-refractivity contribution >= 4 is 28.8 Å². The van der Waals surface area contributed by atoms with Crippen LogP contribution in [0.15, 0.2) is 42.7 Å². The van der Waals surface area contributed by atoms with Gasteiger partial charge in [0.15, 0.2) is 17.4 Å². The van der Waals surface area contributed by atoms with Gasteiger partial charge in [-0.3, -0.25) is 9.59 Å². The number of likely N-dealkylation sites (N-methyl/N-ethyl adjacent to an activating group) is 1. The van der Waals surface area contributed by atoms with Crippen LogP contribution in [0.2, 0.25) is 0 Å². The standard InChI is InChI=1S/C25H31N5O2/c1-5-20-25(32)29(4)21-15-26-23(27-24(21)30(20)18-13-9-10-14-18)19(16-28(2)3)22(31)17-11-7-6-8-12-17/h6-8,11-12,15-16,18,20H,5,9-10,13-14H2,1-4H3. The van der Waals surface area contributed by atoms with Crippen molar-refractivity contribution in [2.75, 3.05) is 30.9 Å². The SMILES string of the molecule is CCC1C(=O)N(C)c2cnc(C(=CN(C)C)C(=O)c3ccccc3)nc2N1C1CCCC1. The number of amides is 1. The monoisotopic (exact) mass is 433 g/mol. The smallest absolute Gasteiger partial charge is 0.249 e. The van der Waals surface area contributed by atoms with Crippen molar-refractivity contribution in [3.05, 3.63) is 54.1 Å². The van der Waals surface area contributed by atoms with E-state index in [1.807, 2.05) is 44.1 Å². The van der Waals surface area contributed by atoms with Gasteiger partial charge in [-0.15, -0.1) is 0 Å². The lowest BCUT2D eigenvalue weighted by Gasteiger charge is -2.43. The molecule has 1 atom stereocenters. The number of fused-ring (bicyclic) bond motifs is 1. The third-order valence-corrected chi connectivity index (χ3v) is 6.32. The highest BCUT2D eigenvalue weighted by atomic mass is 16.2. The van der Waals surface area contributed by atoms with Crippen LogP contribution in [0, 0.1) is 0 Å². The number of hydrogen-bond donors (Lipinski definition) is 0. The minimum Gasteiger partial charge on any atom is -0.383 e. The highest BCUT2D eigenvalue weighted by molar-refractivity contribution is 6.28. The lowest BCUT2D eigenvalue weighted by molar-refractivity contribution is -0.120. The lowest BCUT2D eigenvalue weighted by atomic mass is 10.0. The van der Waals surface area contributed by atoms with E-state index in [-0.39, 0.29) is 23.8 Å². The second-order valence-electron chi connectivity index (χ2n) is 8.77.